The first-order valence-electron chi connectivity index (χ1n) is 12.1. The highest BCUT2D eigenvalue weighted by Gasteiger charge is 2.38. The lowest BCUT2D eigenvalue weighted by molar-refractivity contribution is -0.143. The van der Waals surface area contributed by atoms with Gasteiger partial charge in [0, 0.05) is 24.4 Å². The Balaban J connectivity index is 1.06. The van der Waals surface area contributed by atoms with E-state index in [0.29, 0.717) is 25.8 Å². The zero-order valence-electron chi connectivity index (χ0n) is 19.0. The molecule has 2 amide bonds. The van der Waals surface area contributed by atoms with Crippen molar-refractivity contribution in [1.82, 2.24) is 10.6 Å². The molecule has 0 spiro atoms. The van der Waals surface area contributed by atoms with Crippen molar-refractivity contribution >= 4 is 18.0 Å². The van der Waals surface area contributed by atoms with E-state index in [2.05, 4.69) is 34.9 Å². The van der Waals surface area contributed by atoms with E-state index in [4.69, 9.17) is 4.74 Å². The van der Waals surface area contributed by atoms with Gasteiger partial charge in [0.15, 0.2) is 0 Å². The molecule has 0 saturated heterocycles. The van der Waals surface area contributed by atoms with Crippen LogP contribution in [0, 0.1) is 17.8 Å². The number of fused-ring (bicyclic) bond motifs is 3. The minimum atomic E-state index is -0.771. The second kappa shape index (κ2) is 9.49. The zero-order valence-corrected chi connectivity index (χ0v) is 19.0. The molecule has 7 heteroatoms. The predicted octanol–water partition coefficient (Wildman–Crippen LogP) is 3.92. The van der Waals surface area contributed by atoms with Crippen LogP contribution in [0.3, 0.4) is 0 Å². The lowest BCUT2D eigenvalue weighted by atomic mass is 9.79. The van der Waals surface area contributed by atoms with Gasteiger partial charge in [-0.25, -0.2) is 4.79 Å². The maximum absolute atomic E-state index is 12.4. The van der Waals surface area contributed by atoms with Crippen LogP contribution in [-0.2, 0) is 14.3 Å². The molecule has 2 atom stereocenters. The Hall–Kier alpha value is -3.35. The standard InChI is InChI=1S/C27H30N2O5/c30-25(28-14-16-6-5-11-19(16)26(31)32)17-12-18(13-17)29-27(33)34-15-24-22-9-3-1-7-20(22)21-8-2-4-10-23(21)24/h1-4,7-10,16-19,24H,5-6,11-15H2,(H,28,30)(H,29,33)(H,31,32)/t16-,17?,18?,19-/m1/s1. The first kappa shape index (κ1) is 22.4. The van der Waals surface area contributed by atoms with E-state index in [1.165, 1.54) is 22.3 Å². The minimum Gasteiger partial charge on any atom is -0.481 e. The van der Waals surface area contributed by atoms with Crippen molar-refractivity contribution < 1.29 is 24.2 Å². The van der Waals surface area contributed by atoms with Crippen LogP contribution in [0.4, 0.5) is 4.79 Å². The van der Waals surface area contributed by atoms with Crippen LogP contribution in [0.2, 0.25) is 0 Å². The SMILES string of the molecule is O=C(NC1CC(C(=O)NC[C@H]2CCC[C@H]2C(=O)O)C1)OCC1c2ccccc2-c2ccccc21. The van der Waals surface area contributed by atoms with Crippen LogP contribution in [0.25, 0.3) is 11.1 Å². The molecule has 7 nitrogen and oxygen atoms in total. The number of carbonyl (C=O) groups excluding carboxylic acids is 2. The van der Waals surface area contributed by atoms with Crippen molar-refractivity contribution in [3.63, 3.8) is 0 Å². The summed E-state index contributed by atoms with van der Waals surface area (Å²) >= 11 is 0. The molecule has 0 heterocycles. The molecule has 2 aromatic carbocycles. The molecular weight excluding hydrogens is 432 g/mol. The molecule has 34 heavy (non-hydrogen) atoms. The predicted molar refractivity (Wildman–Crippen MR) is 126 cm³/mol. The average Bonchev–Trinajstić information content (AvgIpc) is 3.41. The van der Waals surface area contributed by atoms with E-state index in [-0.39, 0.29) is 42.2 Å². The number of amides is 2. The smallest absolute Gasteiger partial charge is 0.407 e. The van der Waals surface area contributed by atoms with Crippen molar-refractivity contribution in [2.24, 2.45) is 17.8 Å². The van der Waals surface area contributed by atoms with Crippen LogP contribution in [-0.4, -0.2) is 42.3 Å². The van der Waals surface area contributed by atoms with Crippen LogP contribution >= 0.6 is 0 Å². The van der Waals surface area contributed by atoms with Crippen LogP contribution in [0.15, 0.2) is 48.5 Å². The van der Waals surface area contributed by atoms with E-state index in [0.717, 1.165) is 12.8 Å². The largest absolute Gasteiger partial charge is 0.481 e. The molecule has 178 valence electrons. The van der Waals surface area contributed by atoms with Crippen LogP contribution in [0.5, 0.6) is 0 Å². The molecule has 0 aliphatic heterocycles. The topological polar surface area (TPSA) is 105 Å². The Morgan fingerprint density at radius 3 is 2.24 bits per heavy atom. The normalized spacial score (nSPS) is 25.1. The van der Waals surface area contributed by atoms with E-state index in [1.54, 1.807) is 0 Å². The van der Waals surface area contributed by atoms with Gasteiger partial charge in [0.05, 0.1) is 5.92 Å². The first-order valence-corrected chi connectivity index (χ1v) is 12.1. The monoisotopic (exact) mass is 462 g/mol. The van der Waals surface area contributed by atoms with Crippen molar-refractivity contribution in [1.29, 1.82) is 0 Å². The number of rotatable bonds is 7. The molecule has 0 unspecified atom stereocenters. The van der Waals surface area contributed by atoms with Gasteiger partial charge in [0.25, 0.3) is 0 Å². The number of hydrogen-bond donors (Lipinski definition) is 3. The minimum absolute atomic E-state index is 0.0104. The third-order valence-corrected chi connectivity index (χ3v) is 7.69. The summed E-state index contributed by atoms with van der Waals surface area (Å²) in [6.07, 6.45) is 3.11. The van der Waals surface area contributed by atoms with Crippen molar-refractivity contribution in [2.45, 2.75) is 44.1 Å². The number of carboxylic acids is 1. The zero-order chi connectivity index (χ0) is 23.7. The lowest BCUT2D eigenvalue weighted by Crippen LogP contribution is -2.50. The molecule has 2 fully saturated rings. The van der Waals surface area contributed by atoms with Gasteiger partial charge in [-0.3, -0.25) is 9.59 Å². The van der Waals surface area contributed by atoms with Gasteiger partial charge in [-0.2, -0.15) is 0 Å². The highest BCUT2D eigenvalue weighted by atomic mass is 16.5. The number of nitrogens with one attached hydrogen (secondary N) is 2. The van der Waals surface area contributed by atoms with Gasteiger partial charge in [-0.15, -0.1) is 0 Å². The van der Waals surface area contributed by atoms with E-state index < -0.39 is 12.1 Å². The fraction of sp³-hybridized carbons (Fsp3) is 0.444. The Kier molecular flexibility index (Phi) is 6.26. The molecule has 5 rings (SSSR count). The number of hydrogen-bond acceptors (Lipinski definition) is 4. The number of benzene rings is 2. The van der Waals surface area contributed by atoms with Crippen molar-refractivity contribution in [3.8, 4) is 11.1 Å². The summed E-state index contributed by atoms with van der Waals surface area (Å²) in [5.74, 6) is -1.30. The summed E-state index contributed by atoms with van der Waals surface area (Å²) in [7, 11) is 0. The summed E-state index contributed by atoms with van der Waals surface area (Å²) in [4.78, 5) is 36.1. The molecule has 0 bridgehead atoms. The first-order chi connectivity index (χ1) is 16.5. The fourth-order valence-corrected chi connectivity index (χ4v) is 5.74. The Morgan fingerprint density at radius 2 is 1.59 bits per heavy atom. The second-order valence-corrected chi connectivity index (χ2v) is 9.72. The van der Waals surface area contributed by atoms with Crippen molar-refractivity contribution in [2.75, 3.05) is 13.2 Å². The summed E-state index contributed by atoms with van der Waals surface area (Å²) in [5, 5.41) is 15.1. The molecule has 3 aliphatic rings. The maximum Gasteiger partial charge on any atom is 0.407 e. The number of carbonyl (C=O) groups is 3. The molecule has 2 saturated carbocycles. The summed E-state index contributed by atoms with van der Waals surface area (Å²) in [6, 6.07) is 16.3. The summed E-state index contributed by atoms with van der Waals surface area (Å²) < 4.78 is 5.58. The Labute approximate surface area is 198 Å². The van der Waals surface area contributed by atoms with Crippen LogP contribution < -0.4 is 10.6 Å². The molecule has 3 aliphatic carbocycles. The summed E-state index contributed by atoms with van der Waals surface area (Å²) in [5.41, 5.74) is 4.72. The molecule has 2 aromatic rings. The maximum atomic E-state index is 12.4. The highest BCUT2D eigenvalue weighted by Crippen LogP contribution is 2.44. The quantitative estimate of drug-likeness (QED) is 0.579. The van der Waals surface area contributed by atoms with Gasteiger partial charge in [0.2, 0.25) is 5.91 Å². The lowest BCUT2D eigenvalue weighted by Gasteiger charge is -2.34. The molecular formula is C27H30N2O5. The van der Waals surface area contributed by atoms with Crippen LogP contribution in [0.1, 0.15) is 49.1 Å². The van der Waals surface area contributed by atoms with E-state index in [1.807, 2.05) is 24.3 Å². The molecule has 0 radical (unpaired) electrons. The third kappa shape index (κ3) is 4.39. The molecule has 0 aromatic heterocycles. The molecule has 3 N–H and O–H groups in total. The average molecular weight is 463 g/mol. The van der Waals surface area contributed by atoms with Gasteiger partial charge in [0.1, 0.15) is 6.61 Å². The van der Waals surface area contributed by atoms with E-state index >= 15 is 0 Å². The summed E-state index contributed by atoms with van der Waals surface area (Å²) in [6.45, 7) is 0.680. The highest BCUT2D eigenvalue weighted by molar-refractivity contribution is 5.81. The van der Waals surface area contributed by atoms with Gasteiger partial charge < -0.3 is 20.5 Å². The second-order valence-electron chi connectivity index (χ2n) is 9.72. The number of alkyl carbamates (subject to hydrolysis) is 1. The Morgan fingerprint density at radius 1 is 0.941 bits per heavy atom. The number of carboxylic acid groups (broad SMARTS) is 1. The number of aliphatic carboxylic acids is 1. The fourth-order valence-electron chi connectivity index (χ4n) is 5.74. The third-order valence-electron chi connectivity index (χ3n) is 7.69. The van der Waals surface area contributed by atoms with Gasteiger partial charge in [-0.05, 0) is 53.9 Å². The number of ether oxygens (including phenoxy) is 1. The Bertz CT molecular complexity index is 1050. The van der Waals surface area contributed by atoms with E-state index in [9.17, 15) is 19.5 Å². The van der Waals surface area contributed by atoms with Gasteiger partial charge >= 0.3 is 12.1 Å². The van der Waals surface area contributed by atoms with Crippen molar-refractivity contribution in [3.05, 3.63) is 59.7 Å². The van der Waals surface area contributed by atoms with Gasteiger partial charge in [-0.1, -0.05) is 55.0 Å².